The van der Waals surface area contributed by atoms with E-state index < -0.39 is 23.8 Å². The average molecular weight is 317 g/mol. The average Bonchev–Trinajstić information content (AvgIpc) is 2.54. The Morgan fingerprint density at radius 3 is 2.43 bits per heavy atom. The molecule has 0 heterocycles. The number of hydrogen-bond donors (Lipinski definition) is 1. The topological polar surface area (TPSA) is 78.6 Å². The third-order valence-electron chi connectivity index (χ3n) is 3.23. The maximum Gasteiger partial charge on any atom is 0.309 e. The summed E-state index contributed by atoms with van der Waals surface area (Å²) in [6, 6.07) is 12.7. The Balaban J connectivity index is 2.31. The monoisotopic (exact) mass is 317 g/mol. The molecule has 0 aliphatic heterocycles. The molecule has 1 amide bonds. The van der Waals surface area contributed by atoms with Gasteiger partial charge in [0.25, 0.3) is 5.91 Å². The molecular weight excluding hydrogens is 301 g/mol. The third kappa shape index (κ3) is 4.29. The van der Waals surface area contributed by atoms with Gasteiger partial charge in [-0.1, -0.05) is 24.3 Å². The number of rotatable bonds is 6. The summed E-state index contributed by atoms with van der Waals surface area (Å²) in [6.07, 6.45) is -0.845. The number of ether oxygens (including phenoxy) is 2. The number of amides is 1. The van der Waals surface area contributed by atoms with E-state index >= 15 is 0 Å². The number of halogens is 1. The summed E-state index contributed by atoms with van der Waals surface area (Å²) >= 11 is 0. The van der Waals surface area contributed by atoms with Gasteiger partial charge in [-0.2, -0.15) is 0 Å². The Bertz CT molecular complexity index is 703. The fourth-order valence-electron chi connectivity index (χ4n) is 2.06. The number of primary amides is 1. The molecular formula is C17H16FNO4. The van der Waals surface area contributed by atoms with Gasteiger partial charge in [0.15, 0.2) is 0 Å². The predicted molar refractivity (Wildman–Crippen MR) is 81.4 cm³/mol. The highest BCUT2D eigenvalue weighted by atomic mass is 19.1. The normalized spacial score (nSPS) is 11.6. The number of esters is 1. The Hall–Kier alpha value is -2.89. The summed E-state index contributed by atoms with van der Waals surface area (Å²) in [5.74, 6) is -1.59. The SMILES string of the molecule is COC(=O)CC(Oc1ccccc1)c1ccc(C(N)=O)c(F)c1. The number of methoxy groups -OCH3 is 1. The van der Waals surface area contributed by atoms with Crippen molar-refractivity contribution in [2.45, 2.75) is 12.5 Å². The first-order valence-electron chi connectivity index (χ1n) is 6.89. The van der Waals surface area contributed by atoms with Crippen LogP contribution in [0.2, 0.25) is 0 Å². The van der Waals surface area contributed by atoms with Crippen molar-refractivity contribution in [2.75, 3.05) is 7.11 Å². The van der Waals surface area contributed by atoms with E-state index in [4.69, 9.17) is 10.5 Å². The molecule has 0 aliphatic carbocycles. The van der Waals surface area contributed by atoms with Crippen LogP contribution in [0.15, 0.2) is 48.5 Å². The summed E-state index contributed by atoms with van der Waals surface area (Å²) in [4.78, 5) is 22.7. The van der Waals surface area contributed by atoms with E-state index in [1.807, 2.05) is 6.07 Å². The first kappa shape index (κ1) is 16.5. The summed E-state index contributed by atoms with van der Waals surface area (Å²) in [5.41, 5.74) is 5.27. The van der Waals surface area contributed by atoms with Gasteiger partial charge in [0.1, 0.15) is 17.7 Å². The number of carbonyl (C=O) groups excluding carboxylic acids is 2. The Morgan fingerprint density at radius 2 is 1.87 bits per heavy atom. The smallest absolute Gasteiger partial charge is 0.309 e. The first-order valence-corrected chi connectivity index (χ1v) is 6.89. The standard InChI is InChI=1S/C17H16FNO4/c1-22-16(20)10-15(23-12-5-3-2-4-6-12)11-7-8-13(17(19)21)14(18)9-11/h2-9,15H,10H2,1H3,(H2,19,21). The van der Waals surface area contributed by atoms with Gasteiger partial charge in [0.2, 0.25) is 0 Å². The van der Waals surface area contributed by atoms with Crippen LogP contribution in [0.4, 0.5) is 4.39 Å². The maximum atomic E-state index is 13.9. The molecule has 6 heteroatoms. The molecule has 120 valence electrons. The van der Waals surface area contributed by atoms with E-state index in [1.165, 1.54) is 19.2 Å². The van der Waals surface area contributed by atoms with Crippen molar-refractivity contribution in [3.05, 3.63) is 65.5 Å². The second kappa shape index (κ2) is 7.40. The summed E-state index contributed by atoms with van der Waals surface area (Å²) < 4.78 is 24.3. The zero-order chi connectivity index (χ0) is 16.8. The van der Waals surface area contributed by atoms with E-state index in [2.05, 4.69) is 4.74 Å². The largest absolute Gasteiger partial charge is 0.485 e. The quantitative estimate of drug-likeness (QED) is 0.831. The van der Waals surface area contributed by atoms with Gasteiger partial charge < -0.3 is 15.2 Å². The zero-order valence-electron chi connectivity index (χ0n) is 12.5. The van der Waals surface area contributed by atoms with Crippen molar-refractivity contribution in [3.8, 4) is 5.75 Å². The van der Waals surface area contributed by atoms with Crippen LogP contribution >= 0.6 is 0 Å². The maximum absolute atomic E-state index is 13.9. The van der Waals surface area contributed by atoms with E-state index in [1.54, 1.807) is 24.3 Å². The number of carbonyl (C=O) groups is 2. The summed E-state index contributed by atoms with van der Waals surface area (Å²) in [5, 5.41) is 0. The fourth-order valence-corrected chi connectivity index (χ4v) is 2.06. The molecule has 0 radical (unpaired) electrons. The minimum atomic E-state index is -0.859. The minimum Gasteiger partial charge on any atom is -0.485 e. The molecule has 0 bridgehead atoms. The molecule has 0 saturated carbocycles. The molecule has 0 saturated heterocycles. The molecule has 23 heavy (non-hydrogen) atoms. The highest BCUT2D eigenvalue weighted by Crippen LogP contribution is 2.26. The number of nitrogens with two attached hydrogens (primary N) is 1. The van der Waals surface area contributed by atoms with Crippen LogP contribution in [0, 0.1) is 5.82 Å². The van der Waals surface area contributed by atoms with Gasteiger partial charge in [0, 0.05) is 0 Å². The third-order valence-corrected chi connectivity index (χ3v) is 3.23. The lowest BCUT2D eigenvalue weighted by molar-refractivity contribution is -0.142. The Labute approximate surface area is 132 Å². The van der Waals surface area contributed by atoms with Crippen LogP contribution in [-0.2, 0) is 9.53 Å². The van der Waals surface area contributed by atoms with Crippen LogP contribution in [0.3, 0.4) is 0 Å². The van der Waals surface area contributed by atoms with Crippen LogP contribution in [-0.4, -0.2) is 19.0 Å². The summed E-state index contributed by atoms with van der Waals surface area (Å²) in [6.45, 7) is 0. The van der Waals surface area contributed by atoms with Crippen molar-refractivity contribution in [2.24, 2.45) is 5.73 Å². The molecule has 0 spiro atoms. The number of benzene rings is 2. The molecule has 2 aromatic rings. The highest BCUT2D eigenvalue weighted by Gasteiger charge is 2.21. The lowest BCUT2D eigenvalue weighted by Gasteiger charge is -2.19. The molecule has 1 atom stereocenters. The molecule has 2 rings (SSSR count). The molecule has 2 N–H and O–H groups in total. The van der Waals surface area contributed by atoms with Crippen molar-refractivity contribution in [1.82, 2.24) is 0 Å². The second-order valence-electron chi connectivity index (χ2n) is 4.80. The lowest BCUT2D eigenvalue weighted by atomic mass is 10.0. The Morgan fingerprint density at radius 1 is 1.17 bits per heavy atom. The van der Waals surface area contributed by atoms with Crippen LogP contribution in [0.5, 0.6) is 5.75 Å². The van der Waals surface area contributed by atoms with E-state index in [9.17, 15) is 14.0 Å². The molecule has 2 aromatic carbocycles. The van der Waals surface area contributed by atoms with Crippen molar-refractivity contribution < 1.29 is 23.5 Å². The van der Waals surface area contributed by atoms with Crippen molar-refractivity contribution in [3.63, 3.8) is 0 Å². The molecule has 1 unspecified atom stereocenters. The minimum absolute atomic E-state index is 0.0965. The van der Waals surface area contributed by atoms with E-state index in [-0.39, 0.29) is 12.0 Å². The van der Waals surface area contributed by atoms with Crippen LogP contribution in [0.25, 0.3) is 0 Å². The molecule has 0 fully saturated rings. The number of hydrogen-bond acceptors (Lipinski definition) is 4. The zero-order valence-corrected chi connectivity index (χ0v) is 12.5. The molecule has 0 aromatic heterocycles. The number of para-hydroxylation sites is 1. The van der Waals surface area contributed by atoms with Gasteiger partial charge in [-0.15, -0.1) is 0 Å². The van der Waals surface area contributed by atoms with Crippen molar-refractivity contribution >= 4 is 11.9 Å². The van der Waals surface area contributed by atoms with Gasteiger partial charge >= 0.3 is 5.97 Å². The van der Waals surface area contributed by atoms with Gasteiger partial charge in [-0.25, -0.2) is 4.39 Å². The predicted octanol–water partition coefficient (Wildman–Crippen LogP) is 2.61. The van der Waals surface area contributed by atoms with E-state index in [0.29, 0.717) is 11.3 Å². The Kier molecular flexibility index (Phi) is 5.30. The van der Waals surface area contributed by atoms with Crippen LogP contribution < -0.4 is 10.5 Å². The first-order chi connectivity index (χ1) is 11.0. The van der Waals surface area contributed by atoms with Gasteiger partial charge in [-0.05, 0) is 29.8 Å². The van der Waals surface area contributed by atoms with Crippen LogP contribution in [0.1, 0.15) is 28.4 Å². The van der Waals surface area contributed by atoms with Gasteiger partial charge in [0.05, 0.1) is 19.1 Å². The van der Waals surface area contributed by atoms with Gasteiger partial charge in [-0.3, -0.25) is 9.59 Å². The highest BCUT2D eigenvalue weighted by molar-refractivity contribution is 5.93. The fraction of sp³-hybridized carbons (Fsp3) is 0.176. The second-order valence-corrected chi connectivity index (χ2v) is 4.80. The van der Waals surface area contributed by atoms with Crippen molar-refractivity contribution in [1.29, 1.82) is 0 Å². The summed E-state index contributed by atoms with van der Waals surface area (Å²) in [7, 11) is 1.26. The lowest BCUT2D eigenvalue weighted by Crippen LogP contribution is -2.17. The molecule has 5 nitrogen and oxygen atoms in total. The molecule has 0 aliphatic rings. The van der Waals surface area contributed by atoms with E-state index in [0.717, 1.165) is 6.07 Å².